The molecule has 1 aromatic carbocycles. The van der Waals surface area contributed by atoms with Gasteiger partial charge in [-0.3, -0.25) is 4.79 Å². The Balaban J connectivity index is 1.59. The van der Waals surface area contributed by atoms with Gasteiger partial charge in [-0.2, -0.15) is 0 Å². The number of hydrogen-bond donors (Lipinski definition) is 1. The maximum Gasteiger partial charge on any atom is 0.264 e. The van der Waals surface area contributed by atoms with Gasteiger partial charge in [-0.1, -0.05) is 12.1 Å². The topological polar surface area (TPSA) is 45.2 Å². The summed E-state index contributed by atoms with van der Waals surface area (Å²) in [7, 11) is 1.94. The Labute approximate surface area is 149 Å². The molecule has 1 unspecified atom stereocenters. The minimum absolute atomic E-state index is 0.158. The normalized spacial score (nSPS) is 17.7. The van der Waals surface area contributed by atoms with E-state index in [-0.39, 0.29) is 5.91 Å². The minimum atomic E-state index is 0.158. The summed E-state index contributed by atoms with van der Waals surface area (Å²) in [5.41, 5.74) is 1.02. The lowest BCUT2D eigenvalue weighted by Gasteiger charge is -2.23. The van der Waals surface area contributed by atoms with Crippen molar-refractivity contribution in [3.63, 3.8) is 0 Å². The predicted octanol–water partition coefficient (Wildman–Crippen LogP) is 3.85. The van der Waals surface area contributed by atoms with Crippen molar-refractivity contribution in [1.82, 2.24) is 15.2 Å². The van der Waals surface area contributed by atoms with Gasteiger partial charge in [0.15, 0.2) is 0 Å². The zero-order valence-electron chi connectivity index (χ0n) is 13.5. The van der Waals surface area contributed by atoms with Crippen LogP contribution < -0.4 is 5.32 Å². The summed E-state index contributed by atoms with van der Waals surface area (Å²) in [4.78, 5) is 21.4. The van der Waals surface area contributed by atoms with Crippen LogP contribution in [0, 0.1) is 0 Å². The summed E-state index contributed by atoms with van der Waals surface area (Å²) < 4.78 is 1.18. The Morgan fingerprint density at radius 3 is 3.00 bits per heavy atom. The van der Waals surface area contributed by atoms with E-state index in [1.54, 1.807) is 22.7 Å². The van der Waals surface area contributed by atoms with E-state index >= 15 is 0 Å². The van der Waals surface area contributed by atoms with Gasteiger partial charge < -0.3 is 10.2 Å². The number of likely N-dealkylation sites (N-methyl/N-ethyl adjacent to an activating group) is 1. The minimum Gasteiger partial charge on any atom is -0.334 e. The third-order valence-electron chi connectivity index (χ3n) is 4.40. The average molecular weight is 358 g/mol. The molecular weight excluding hydrogens is 338 g/mol. The molecule has 1 atom stereocenters. The Kier molecular flexibility index (Phi) is 4.35. The fourth-order valence-corrected chi connectivity index (χ4v) is 5.22. The van der Waals surface area contributed by atoms with Crippen LogP contribution in [-0.4, -0.2) is 42.0 Å². The van der Waals surface area contributed by atoms with Crippen LogP contribution in [0.5, 0.6) is 0 Å². The molecule has 1 aliphatic rings. The van der Waals surface area contributed by atoms with Gasteiger partial charge in [-0.25, -0.2) is 4.98 Å². The first-order valence-electron chi connectivity index (χ1n) is 8.17. The fourth-order valence-electron chi connectivity index (χ4n) is 3.24. The van der Waals surface area contributed by atoms with Gasteiger partial charge in [-0.15, -0.1) is 22.7 Å². The number of nitrogens with one attached hydrogen (secondary N) is 1. The molecule has 6 heteroatoms. The molecule has 1 aliphatic heterocycles. The molecule has 3 aromatic rings. The number of carbonyl (C=O) groups is 1. The number of thiazole rings is 1. The lowest BCUT2D eigenvalue weighted by molar-refractivity contribution is 0.0742. The number of rotatable bonds is 4. The zero-order chi connectivity index (χ0) is 16.5. The summed E-state index contributed by atoms with van der Waals surface area (Å²) in [6.45, 7) is 1.72. The highest BCUT2D eigenvalue weighted by Crippen LogP contribution is 2.35. The van der Waals surface area contributed by atoms with Crippen molar-refractivity contribution in [1.29, 1.82) is 0 Å². The molecule has 0 saturated carbocycles. The number of para-hydroxylation sites is 1. The number of nitrogens with zero attached hydrogens (tertiary/aromatic N) is 2. The molecule has 0 radical (unpaired) electrons. The van der Waals surface area contributed by atoms with Crippen LogP contribution in [0.3, 0.4) is 0 Å². The molecule has 3 heterocycles. The van der Waals surface area contributed by atoms with E-state index in [9.17, 15) is 4.79 Å². The van der Waals surface area contributed by atoms with Gasteiger partial charge in [0, 0.05) is 19.1 Å². The Hall–Kier alpha value is -1.76. The molecule has 2 aromatic heterocycles. The molecule has 24 heavy (non-hydrogen) atoms. The molecule has 0 bridgehead atoms. The zero-order valence-corrected chi connectivity index (χ0v) is 15.1. The van der Waals surface area contributed by atoms with Crippen molar-refractivity contribution in [2.75, 3.05) is 20.1 Å². The summed E-state index contributed by atoms with van der Waals surface area (Å²) in [5, 5.41) is 4.19. The monoisotopic (exact) mass is 357 g/mol. The van der Waals surface area contributed by atoms with Gasteiger partial charge in [-0.05, 0) is 44.2 Å². The van der Waals surface area contributed by atoms with E-state index in [1.807, 2.05) is 42.3 Å². The molecule has 1 N–H and O–H groups in total. The maximum atomic E-state index is 12.8. The molecule has 124 valence electrons. The lowest BCUT2D eigenvalue weighted by Crippen LogP contribution is -2.40. The second-order valence-electron chi connectivity index (χ2n) is 6.00. The first-order valence-corrected chi connectivity index (χ1v) is 9.81. The SMILES string of the molecule is CNCC1CCCN1C(=O)c1ccc(-c2nc3ccccc3s2)s1. The molecule has 1 fully saturated rings. The van der Waals surface area contributed by atoms with Crippen LogP contribution in [0.4, 0.5) is 0 Å². The number of fused-ring (bicyclic) bond motifs is 1. The number of aromatic nitrogens is 1. The van der Waals surface area contributed by atoms with Crippen LogP contribution in [0.2, 0.25) is 0 Å². The largest absolute Gasteiger partial charge is 0.334 e. The number of hydrogen-bond acceptors (Lipinski definition) is 5. The van der Waals surface area contributed by atoms with Crippen LogP contribution in [0.15, 0.2) is 36.4 Å². The number of carbonyl (C=O) groups excluding carboxylic acids is 1. The number of thiophene rings is 1. The molecule has 0 aliphatic carbocycles. The molecule has 1 saturated heterocycles. The van der Waals surface area contributed by atoms with Crippen molar-refractivity contribution in [3.8, 4) is 9.88 Å². The van der Waals surface area contributed by atoms with E-state index in [1.165, 1.54) is 4.70 Å². The average Bonchev–Trinajstić information content (AvgIpc) is 3.32. The predicted molar refractivity (Wildman–Crippen MR) is 101 cm³/mol. The van der Waals surface area contributed by atoms with E-state index < -0.39 is 0 Å². The second-order valence-corrected chi connectivity index (χ2v) is 8.12. The maximum absolute atomic E-state index is 12.8. The van der Waals surface area contributed by atoms with Crippen LogP contribution in [0.1, 0.15) is 22.5 Å². The van der Waals surface area contributed by atoms with E-state index in [0.717, 1.165) is 46.2 Å². The van der Waals surface area contributed by atoms with E-state index in [2.05, 4.69) is 11.4 Å². The van der Waals surface area contributed by atoms with E-state index in [0.29, 0.717) is 6.04 Å². The summed E-state index contributed by atoms with van der Waals surface area (Å²) in [6, 6.07) is 12.4. The smallest absolute Gasteiger partial charge is 0.264 e. The molecule has 4 rings (SSSR count). The standard InChI is InChI=1S/C18H19N3OS2/c1-19-11-12-5-4-10-21(12)18(22)16-9-8-15(23-16)17-20-13-6-2-3-7-14(13)24-17/h2-3,6-9,12,19H,4-5,10-11H2,1H3. The van der Waals surface area contributed by atoms with Crippen LogP contribution in [0.25, 0.3) is 20.1 Å². The third-order valence-corrected chi connectivity index (χ3v) is 6.68. The van der Waals surface area contributed by atoms with Gasteiger partial charge in [0.2, 0.25) is 0 Å². The van der Waals surface area contributed by atoms with Gasteiger partial charge >= 0.3 is 0 Å². The molecule has 1 amide bonds. The first kappa shape index (κ1) is 15.7. The van der Waals surface area contributed by atoms with Gasteiger partial charge in [0.1, 0.15) is 5.01 Å². The highest BCUT2D eigenvalue weighted by molar-refractivity contribution is 7.26. The molecular formula is C18H19N3OS2. The summed E-state index contributed by atoms with van der Waals surface area (Å²) >= 11 is 3.23. The van der Waals surface area contributed by atoms with Gasteiger partial charge in [0.25, 0.3) is 5.91 Å². The number of benzene rings is 1. The first-order chi connectivity index (χ1) is 11.8. The highest BCUT2D eigenvalue weighted by atomic mass is 32.1. The van der Waals surface area contributed by atoms with Crippen molar-refractivity contribution in [3.05, 3.63) is 41.3 Å². The Morgan fingerprint density at radius 1 is 1.29 bits per heavy atom. The van der Waals surface area contributed by atoms with Gasteiger partial charge in [0.05, 0.1) is 20.0 Å². The highest BCUT2D eigenvalue weighted by Gasteiger charge is 2.29. The quantitative estimate of drug-likeness (QED) is 0.771. The van der Waals surface area contributed by atoms with Crippen LogP contribution >= 0.6 is 22.7 Å². The van der Waals surface area contributed by atoms with Crippen LogP contribution in [-0.2, 0) is 0 Å². The van der Waals surface area contributed by atoms with Crippen molar-refractivity contribution >= 4 is 38.8 Å². The Bertz CT molecular complexity index is 837. The van der Waals surface area contributed by atoms with E-state index in [4.69, 9.17) is 4.98 Å². The second kappa shape index (κ2) is 6.63. The molecule has 4 nitrogen and oxygen atoms in total. The number of likely N-dealkylation sites (tertiary alicyclic amines) is 1. The Morgan fingerprint density at radius 2 is 2.17 bits per heavy atom. The summed E-state index contributed by atoms with van der Waals surface area (Å²) in [6.07, 6.45) is 2.18. The molecule has 0 spiro atoms. The summed E-state index contributed by atoms with van der Waals surface area (Å²) in [5.74, 6) is 0.158. The fraction of sp³-hybridized carbons (Fsp3) is 0.333. The van der Waals surface area contributed by atoms with Crippen molar-refractivity contribution in [2.45, 2.75) is 18.9 Å². The number of amides is 1. The van der Waals surface area contributed by atoms with Crippen molar-refractivity contribution in [2.24, 2.45) is 0 Å². The lowest BCUT2D eigenvalue weighted by atomic mass is 10.2. The van der Waals surface area contributed by atoms with Crippen molar-refractivity contribution < 1.29 is 4.79 Å². The third kappa shape index (κ3) is 2.85.